The molecule has 0 aliphatic carbocycles. The Balaban J connectivity index is 1.96. The highest BCUT2D eigenvalue weighted by molar-refractivity contribution is 7.22. The van der Waals surface area contributed by atoms with Crippen molar-refractivity contribution in [2.75, 3.05) is 32.1 Å². The predicted octanol–water partition coefficient (Wildman–Crippen LogP) is 3.25. The van der Waals surface area contributed by atoms with Crippen molar-refractivity contribution in [3.8, 4) is 0 Å². The van der Waals surface area contributed by atoms with E-state index < -0.39 is 0 Å². The number of carbonyl (C=O) groups excluding carboxylic acids is 1. The predicted molar refractivity (Wildman–Crippen MR) is 102 cm³/mol. The normalized spacial score (nSPS) is 11.4. The molecule has 2 heterocycles. The van der Waals surface area contributed by atoms with Crippen molar-refractivity contribution in [2.24, 2.45) is 0 Å². The molecule has 0 radical (unpaired) electrons. The van der Waals surface area contributed by atoms with Crippen molar-refractivity contribution in [3.05, 3.63) is 42.0 Å². The first-order valence-corrected chi connectivity index (χ1v) is 9.36. The third-order valence-corrected chi connectivity index (χ3v) is 5.10. The number of hydrogen-bond acceptors (Lipinski definition) is 5. The molecule has 1 aromatic carbocycles. The zero-order valence-electron chi connectivity index (χ0n) is 15.1. The Bertz CT molecular complexity index is 904. The van der Waals surface area contributed by atoms with Gasteiger partial charge in [0.1, 0.15) is 17.0 Å². The molecule has 0 N–H and O–H groups in total. The van der Waals surface area contributed by atoms with Crippen molar-refractivity contribution in [3.63, 3.8) is 0 Å². The number of para-hydroxylation sites is 1. The van der Waals surface area contributed by atoms with Crippen molar-refractivity contribution in [1.82, 2.24) is 19.7 Å². The Labute approximate surface area is 155 Å². The molecule has 0 spiro atoms. The fraction of sp³-hybridized carbons (Fsp3) is 0.389. The second-order valence-electron chi connectivity index (χ2n) is 6.23. The van der Waals surface area contributed by atoms with Crippen LogP contribution in [0.2, 0.25) is 0 Å². The van der Waals surface area contributed by atoms with E-state index in [1.165, 1.54) is 17.4 Å². The largest absolute Gasteiger partial charge is 0.309 e. The van der Waals surface area contributed by atoms with E-state index in [9.17, 15) is 9.18 Å². The minimum atomic E-state index is -0.371. The van der Waals surface area contributed by atoms with E-state index >= 15 is 0 Å². The summed E-state index contributed by atoms with van der Waals surface area (Å²) in [5, 5.41) is 4.69. The fourth-order valence-corrected chi connectivity index (χ4v) is 3.76. The lowest BCUT2D eigenvalue weighted by Crippen LogP contribution is -2.34. The Morgan fingerprint density at radius 1 is 1.27 bits per heavy atom. The quantitative estimate of drug-likeness (QED) is 0.636. The Kier molecular flexibility index (Phi) is 5.63. The summed E-state index contributed by atoms with van der Waals surface area (Å²) in [6, 6.07) is 6.57. The maximum atomic E-state index is 14.0. The van der Waals surface area contributed by atoms with Gasteiger partial charge in [0.05, 0.1) is 4.70 Å². The number of amides is 1. The average molecular weight is 375 g/mol. The van der Waals surface area contributed by atoms with Gasteiger partial charge >= 0.3 is 0 Å². The smallest absolute Gasteiger partial charge is 0.278 e. The molecule has 0 saturated heterocycles. The third-order valence-electron chi connectivity index (χ3n) is 4.06. The fourth-order valence-electron chi connectivity index (χ4n) is 2.75. The zero-order chi connectivity index (χ0) is 18.7. The summed E-state index contributed by atoms with van der Waals surface area (Å²) in [5.41, 5.74) is 0.819. The molecule has 6 nitrogen and oxygen atoms in total. The summed E-state index contributed by atoms with van der Waals surface area (Å²) in [6.45, 7) is 3.89. The monoisotopic (exact) mass is 375 g/mol. The van der Waals surface area contributed by atoms with Gasteiger partial charge in [0, 0.05) is 19.3 Å². The molecule has 3 rings (SSSR count). The summed E-state index contributed by atoms with van der Waals surface area (Å²) in [7, 11) is 3.98. The van der Waals surface area contributed by atoms with Crippen LogP contribution in [0.4, 0.5) is 9.52 Å². The Morgan fingerprint density at radius 2 is 2.08 bits per heavy atom. The maximum Gasteiger partial charge on any atom is 0.278 e. The van der Waals surface area contributed by atoms with Crippen LogP contribution in [0.5, 0.6) is 0 Å². The molecule has 8 heteroatoms. The van der Waals surface area contributed by atoms with Crippen molar-refractivity contribution in [1.29, 1.82) is 0 Å². The number of thiazole rings is 1. The van der Waals surface area contributed by atoms with Crippen molar-refractivity contribution >= 4 is 32.6 Å². The number of carbonyl (C=O) groups is 1. The molecular formula is C18H22FN5OS. The lowest BCUT2D eigenvalue weighted by Gasteiger charge is -2.21. The van der Waals surface area contributed by atoms with E-state index in [1.54, 1.807) is 27.9 Å². The van der Waals surface area contributed by atoms with Crippen molar-refractivity contribution < 1.29 is 9.18 Å². The molecular weight excluding hydrogens is 353 g/mol. The van der Waals surface area contributed by atoms with Crippen LogP contribution >= 0.6 is 11.3 Å². The number of aromatic nitrogens is 3. The standard InChI is InChI=1S/C18H22FN5OS/c1-4-24-14(9-10-20-24)17(25)23(12-6-11-22(2)3)18-21-16-13(19)7-5-8-15(16)26-18/h5,7-10H,4,6,11-12H2,1-3H3. The van der Waals surface area contributed by atoms with E-state index in [4.69, 9.17) is 0 Å². The first-order valence-electron chi connectivity index (χ1n) is 8.54. The van der Waals surface area contributed by atoms with Crippen LogP contribution in [0, 0.1) is 5.82 Å². The average Bonchev–Trinajstić information content (AvgIpc) is 3.25. The molecule has 0 aliphatic heterocycles. The van der Waals surface area contributed by atoms with Crippen LogP contribution in [0.25, 0.3) is 10.2 Å². The van der Waals surface area contributed by atoms with Crippen LogP contribution in [-0.2, 0) is 6.54 Å². The Morgan fingerprint density at radius 3 is 2.77 bits per heavy atom. The molecule has 0 fully saturated rings. The van der Waals surface area contributed by atoms with E-state index in [0.717, 1.165) is 17.7 Å². The first kappa shape index (κ1) is 18.5. The highest BCUT2D eigenvalue weighted by atomic mass is 32.1. The molecule has 1 amide bonds. The lowest BCUT2D eigenvalue weighted by atomic mass is 10.3. The van der Waals surface area contributed by atoms with Crippen LogP contribution < -0.4 is 4.90 Å². The SMILES string of the molecule is CCn1nccc1C(=O)N(CCCN(C)C)c1nc2c(F)cccc2s1. The van der Waals surface area contributed by atoms with Crippen molar-refractivity contribution in [2.45, 2.75) is 19.9 Å². The summed E-state index contributed by atoms with van der Waals surface area (Å²) in [4.78, 5) is 21.3. The maximum absolute atomic E-state index is 14.0. The highest BCUT2D eigenvalue weighted by Gasteiger charge is 2.24. The molecule has 138 valence electrons. The molecule has 0 bridgehead atoms. The van der Waals surface area contributed by atoms with Crippen LogP contribution in [0.15, 0.2) is 30.5 Å². The summed E-state index contributed by atoms with van der Waals surface area (Å²) in [5.74, 6) is -0.535. The van der Waals surface area contributed by atoms with Gasteiger partial charge in [-0.3, -0.25) is 14.4 Å². The topological polar surface area (TPSA) is 54.3 Å². The number of benzene rings is 1. The van der Waals surface area contributed by atoms with Gasteiger partial charge in [0.25, 0.3) is 5.91 Å². The molecule has 2 aromatic heterocycles. The lowest BCUT2D eigenvalue weighted by molar-refractivity contribution is 0.0975. The van der Waals surface area contributed by atoms with Crippen LogP contribution in [-0.4, -0.2) is 52.8 Å². The number of hydrogen-bond donors (Lipinski definition) is 0. The van der Waals surface area contributed by atoms with Gasteiger partial charge in [-0.25, -0.2) is 9.37 Å². The Hall–Kier alpha value is -2.32. The zero-order valence-corrected chi connectivity index (χ0v) is 16.0. The van der Waals surface area contributed by atoms with Gasteiger partial charge in [0.2, 0.25) is 0 Å². The molecule has 0 saturated carbocycles. The first-order chi connectivity index (χ1) is 12.5. The molecule has 0 aliphatic rings. The second kappa shape index (κ2) is 7.92. The minimum absolute atomic E-state index is 0.164. The van der Waals surface area contributed by atoms with E-state index in [1.807, 2.05) is 27.1 Å². The van der Waals surface area contributed by atoms with Gasteiger partial charge in [-0.1, -0.05) is 17.4 Å². The van der Waals surface area contributed by atoms with E-state index in [2.05, 4.69) is 15.0 Å². The number of anilines is 1. The number of fused-ring (bicyclic) bond motifs is 1. The number of nitrogens with zero attached hydrogens (tertiary/aromatic N) is 5. The number of aryl methyl sites for hydroxylation is 1. The summed E-state index contributed by atoms with van der Waals surface area (Å²) < 4.78 is 16.4. The number of halogens is 1. The molecule has 0 unspecified atom stereocenters. The molecule has 3 aromatic rings. The number of rotatable bonds is 7. The van der Waals surface area contributed by atoms with E-state index in [-0.39, 0.29) is 11.7 Å². The van der Waals surface area contributed by atoms with Gasteiger partial charge in [-0.2, -0.15) is 5.10 Å². The molecule has 26 heavy (non-hydrogen) atoms. The van der Waals surface area contributed by atoms with Gasteiger partial charge in [-0.15, -0.1) is 0 Å². The second-order valence-corrected chi connectivity index (χ2v) is 7.24. The third kappa shape index (κ3) is 3.76. The van der Waals surface area contributed by atoms with Gasteiger partial charge < -0.3 is 4.90 Å². The van der Waals surface area contributed by atoms with E-state index in [0.29, 0.717) is 29.4 Å². The van der Waals surface area contributed by atoms with Crippen LogP contribution in [0.3, 0.4) is 0 Å². The summed E-state index contributed by atoms with van der Waals surface area (Å²) >= 11 is 1.33. The summed E-state index contributed by atoms with van der Waals surface area (Å²) in [6.07, 6.45) is 2.41. The van der Waals surface area contributed by atoms with Gasteiger partial charge in [-0.05, 0) is 52.2 Å². The van der Waals surface area contributed by atoms with Crippen LogP contribution in [0.1, 0.15) is 23.8 Å². The highest BCUT2D eigenvalue weighted by Crippen LogP contribution is 2.31. The minimum Gasteiger partial charge on any atom is -0.309 e. The van der Waals surface area contributed by atoms with Gasteiger partial charge in [0.15, 0.2) is 5.13 Å². The molecule has 0 atom stereocenters.